The smallest absolute Gasteiger partial charge is 0.549 e. The van der Waals surface area contributed by atoms with E-state index in [2.05, 4.69) is 114 Å². The number of hydrogen-bond donors (Lipinski definition) is 0. The molecule has 0 aliphatic carbocycles. The molecule has 4 atom stereocenters. The van der Waals surface area contributed by atoms with Crippen LogP contribution in [0.4, 0.5) is 0 Å². The molecule has 0 radical (unpaired) electrons. The summed E-state index contributed by atoms with van der Waals surface area (Å²) in [5.74, 6) is 0.675. The van der Waals surface area contributed by atoms with Crippen LogP contribution in [-0.2, 0) is 9.59 Å². The predicted octanol–water partition coefficient (Wildman–Crippen LogP) is 11.9. The minimum Gasteiger partial charge on any atom is -0.549 e. The number of carboxylic acids is 2. The first-order chi connectivity index (χ1) is 28.0. The Labute approximate surface area is 397 Å². The van der Waals surface area contributed by atoms with E-state index in [0.29, 0.717) is 23.7 Å². The average Bonchev–Trinajstić information content (AvgIpc) is 3.19. The second kappa shape index (κ2) is 48.1. The average molecular weight is 853 g/mol. The van der Waals surface area contributed by atoms with Gasteiger partial charge in [0.15, 0.2) is 0 Å². The van der Waals surface area contributed by atoms with E-state index in [9.17, 15) is 19.8 Å². The van der Waals surface area contributed by atoms with Gasteiger partial charge in [-0.05, 0) is 153 Å². The maximum atomic E-state index is 11.1. The van der Waals surface area contributed by atoms with Gasteiger partial charge in [0.05, 0.1) is 11.9 Å². The standard InChI is InChI=1S/2C26H49NO2.Ca/c2*1-5-7-9-11-13-15-17-24(3)19-21-27(23-26(28)29)22-20-25(4)18-16-14-12-10-8-6-2;/h2*9-12,24-25H,5-8,13-23H2,1-4H3,(H,28,29);/q;;+2/p-2/b2*11-9+,12-10+;. The van der Waals surface area contributed by atoms with Gasteiger partial charge in [-0.25, -0.2) is 0 Å². The molecule has 7 heteroatoms. The molecule has 59 heavy (non-hydrogen) atoms. The minimum absolute atomic E-state index is 0. The third-order valence-corrected chi connectivity index (χ3v) is 11.2. The van der Waals surface area contributed by atoms with Gasteiger partial charge in [-0.3, -0.25) is 9.80 Å². The molecule has 0 heterocycles. The monoisotopic (exact) mass is 853 g/mol. The van der Waals surface area contributed by atoms with Crippen molar-refractivity contribution in [3.63, 3.8) is 0 Å². The van der Waals surface area contributed by atoms with Crippen LogP contribution in [0.25, 0.3) is 0 Å². The molecule has 0 aliphatic rings. The van der Waals surface area contributed by atoms with Crippen LogP contribution >= 0.6 is 0 Å². The number of nitrogens with zero attached hydrogens (tertiary/aromatic N) is 2. The summed E-state index contributed by atoms with van der Waals surface area (Å²) in [6.45, 7) is 21.6. The summed E-state index contributed by atoms with van der Waals surface area (Å²) in [7, 11) is 0. The quantitative estimate of drug-likeness (QED) is 0.0347. The Morgan fingerprint density at radius 1 is 0.390 bits per heavy atom. The van der Waals surface area contributed by atoms with Gasteiger partial charge in [0, 0.05) is 13.1 Å². The molecule has 0 amide bonds. The van der Waals surface area contributed by atoms with Gasteiger partial charge >= 0.3 is 37.7 Å². The summed E-state index contributed by atoms with van der Waals surface area (Å²) in [5.41, 5.74) is 0. The van der Waals surface area contributed by atoms with Crippen LogP contribution in [0.1, 0.15) is 209 Å². The molecule has 0 rings (SSSR count). The van der Waals surface area contributed by atoms with Crippen molar-refractivity contribution in [1.29, 1.82) is 0 Å². The van der Waals surface area contributed by atoms with Crippen LogP contribution in [0.2, 0.25) is 0 Å². The molecule has 0 spiro atoms. The van der Waals surface area contributed by atoms with Gasteiger partial charge in [-0.2, -0.15) is 0 Å². The third-order valence-electron chi connectivity index (χ3n) is 11.2. The fourth-order valence-corrected chi connectivity index (χ4v) is 7.04. The maximum absolute atomic E-state index is 11.1. The molecular weight excluding hydrogens is 757 g/mol. The van der Waals surface area contributed by atoms with Crippen molar-refractivity contribution in [2.45, 2.75) is 209 Å². The number of rotatable bonds is 40. The zero-order valence-electron chi connectivity index (χ0n) is 40.4. The second-order valence-corrected chi connectivity index (χ2v) is 17.6. The molecule has 0 saturated carbocycles. The Hall–Kier alpha value is -0.920. The Morgan fingerprint density at radius 3 is 0.780 bits per heavy atom. The van der Waals surface area contributed by atoms with Crippen molar-refractivity contribution in [1.82, 2.24) is 9.80 Å². The predicted molar refractivity (Wildman–Crippen MR) is 255 cm³/mol. The molecule has 340 valence electrons. The second-order valence-electron chi connectivity index (χ2n) is 17.6. The summed E-state index contributed by atoms with van der Waals surface area (Å²) in [6.07, 6.45) is 46.7. The molecule has 0 bridgehead atoms. The van der Waals surface area contributed by atoms with Gasteiger partial charge in [-0.1, -0.05) is 155 Å². The van der Waals surface area contributed by atoms with Gasteiger partial charge in [0.2, 0.25) is 0 Å². The summed E-state index contributed by atoms with van der Waals surface area (Å²) in [6, 6.07) is 0. The van der Waals surface area contributed by atoms with Gasteiger partial charge in [0.1, 0.15) is 0 Å². The van der Waals surface area contributed by atoms with Crippen molar-refractivity contribution in [3.8, 4) is 0 Å². The van der Waals surface area contributed by atoms with Crippen molar-refractivity contribution >= 4 is 49.7 Å². The number of hydrogen-bond acceptors (Lipinski definition) is 6. The van der Waals surface area contributed by atoms with Crippen LogP contribution in [0, 0.1) is 23.7 Å². The number of carbonyl (C=O) groups excluding carboxylic acids is 2. The molecule has 0 fully saturated rings. The first kappa shape index (κ1) is 62.4. The van der Waals surface area contributed by atoms with E-state index in [1.807, 2.05) is 0 Å². The first-order valence-electron chi connectivity index (χ1n) is 24.4. The number of carbonyl (C=O) groups is 2. The fourth-order valence-electron chi connectivity index (χ4n) is 7.04. The van der Waals surface area contributed by atoms with E-state index < -0.39 is 11.9 Å². The van der Waals surface area contributed by atoms with Crippen molar-refractivity contribution in [3.05, 3.63) is 48.6 Å². The molecule has 0 aromatic heterocycles. The number of carboxylic acid groups (broad SMARTS) is 2. The molecule has 0 N–H and O–H groups in total. The number of unbranched alkanes of at least 4 members (excludes halogenated alkanes) is 8. The Kier molecular flexibility index (Phi) is 50.9. The van der Waals surface area contributed by atoms with Crippen molar-refractivity contribution < 1.29 is 19.8 Å². The van der Waals surface area contributed by atoms with Crippen LogP contribution in [0.15, 0.2) is 48.6 Å². The first-order valence-corrected chi connectivity index (χ1v) is 24.4. The van der Waals surface area contributed by atoms with Crippen molar-refractivity contribution in [2.24, 2.45) is 23.7 Å². The molecule has 0 aliphatic heterocycles. The molecule has 0 aromatic rings. The van der Waals surface area contributed by atoms with E-state index in [1.54, 1.807) is 0 Å². The summed E-state index contributed by atoms with van der Waals surface area (Å²) < 4.78 is 0. The summed E-state index contributed by atoms with van der Waals surface area (Å²) in [5, 5.41) is 22.3. The third kappa shape index (κ3) is 49.6. The van der Waals surface area contributed by atoms with E-state index in [4.69, 9.17) is 0 Å². The maximum Gasteiger partial charge on any atom is 2.00 e. The van der Waals surface area contributed by atoms with Crippen LogP contribution in [0.5, 0.6) is 0 Å². The van der Waals surface area contributed by atoms with Gasteiger partial charge in [-0.15, -0.1) is 0 Å². The normalized spacial score (nSPS) is 14.0. The molecule has 0 saturated heterocycles. The fraction of sp³-hybridized carbons (Fsp3) is 0.808. The van der Waals surface area contributed by atoms with E-state index in [1.165, 1.54) is 103 Å². The summed E-state index contributed by atoms with van der Waals surface area (Å²) in [4.78, 5) is 26.4. The molecule has 0 aromatic carbocycles. The van der Waals surface area contributed by atoms with E-state index >= 15 is 0 Å². The van der Waals surface area contributed by atoms with E-state index in [-0.39, 0.29) is 50.8 Å². The Balaban J connectivity index is -0.00000105. The number of aliphatic carboxylic acids is 2. The van der Waals surface area contributed by atoms with Crippen molar-refractivity contribution in [2.75, 3.05) is 39.3 Å². The minimum atomic E-state index is -0.951. The largest absolute Gasteiger partial charge is 2.00 e. The SMILES string of the molecule is CCC/C=C/CCCC(C)CCN(CCC(C)CCC/C=C/CCC)CC(=O)[O-].CCC/C=C/CCCC(C)CCN(CCC(C)CCC/C=C/CCC)CC(=O)[O-].[Ca+2]. The van der Waals surface area contributed by atoms with Crippen LogP contribution in [0.3, 0.4) is 0 Å². The molecule has 4 unspecified atom stereocenters. The van der Waals surface area contributed by atoms with Crippen LogP contribution < -0.4 is 10.2 Å². The number of allylic oxidation sites excluding steroid dienone is 8. The zero-order chi connectivity index (χ0) is 43.5. The Morgan fingerprint density at radius 2 is 0.593 bits per heavy atom. The van der Waals surface area contributed by atoms with Gasteiger partial charge in [0.25, 0.3) is 0 Å². The topological polar surface area (TPSA) is 86.7 Å². The van der Waals surface area contributed by atoms with E-state index in [0.717, 1.165) is 77.5 Å². The van der Waals surface area contributed by atoms with Crippen LogP contribution in [-0.4, -0.2) is 98.7 Å². The Bertz CT molecular complexity index is 884. The molecular formula is C52H96CaN2O4. The molecule has 6 nitrogen and oxygen atoms in total. The van der Waals surface area contributed by atoms with Gasteiger partial charge < -0.3 is 19.8 Å². The zero-order valence-corrected chi connectivity index (χ0v) is 42.6. The summed E-state index contributed by atoms with van der Waals surface area (Å²) >= 11 is 0.